The summed E-state index contributed by atoms with van der Waals surface area (Å²) in [6.07, 6.45) is -4.88. The van der Waals surface area contributed by atoms with E-state index in [1.165, 1.54) is 31.2 Å². The number of carbonyl (C=O) groups is 2. The molecular weight excluding hydrogens is 263 g/mol. The molecule has 0 radical (unpaired) electrons. The van der Waals surface area contributed by atoms with Gasteiger partial charge in [-0.2, -0.15) is 13.2 Å². The third-order valence-electron chi connectivity index (χ3n) is 2.16. The number of hydrogen-bond acceptors (Lipinski definition) is 3. The van der Waals surface area contributed by atoms with Crippen LogP contribution in [0.15, 0.2) is 24.3 Å². The topological polar surface area (TPSA) is 55.4 Å². The number of aldehydes is 1. The Balaban J connectivity index is 2.51. The smallest absolute Gasteiger partial charge is 0.405 e. The first-order chi connectivity index (χ1) is 8.81. The maximum Gasteiger partial charge on any atom is 0.405 e. The Labute approximate surface area is 107 Å². The summed E-state index contributed by atoms with van der Waals surface area (Å²) in [5.41, 5.74) is 0.432. The highest BCUT2D eigenvalue weighted by molar-refractivity contribution is 5.80. The Hall–Kier alpha value is -2.05. The molecule has 1 rings (SSSR count). The normalized spacial score (nSPS) is 12.6. The van der Waals surface area contributed by atoms with Crippen molar-refractivity contribution < 1.29 is 27.5 Å². The molecule has 0 aromatic heterocycles. The van der Waals surface area contributed by atoms with Crippen LogP contribution in [0.3, 0.4) is 0 Å². The molecule has 0 fully saturated rings. The van der Waals surface area contributed by atoms with Gasteiger partial charge in [0.15, 0.2) is 6.10 Å². The largest absolute Gasteiger partial charge is 0.481 e. The standard InChI is InChI=1S/C12H12F3NO3/c1-8(11(18)16-7-12(13,14)15)19-10-4-2-9(6-17)3-5-10/h2-6,8H,7H2,1H3,(H,16,18)/t8-/m1/s1. The molecule has 0 spiro atoms. The van der Waals surface area contributed by atoms with Crippen LogP contribution >= 0.6 is 0 Å². The minimum Gasteiger partial charge on any atom is -0.481 e. The number of nitrogens with one attached hydrogen (secondary N) is 1. The molecule has 0 unspecified atom stereocenters. The number of hydrogen-bond donors (Lipinski definition) is 1. The second-order valence-electron chi connectivity index (χ2n) is 3.78. The highest BCUT2D eigenvalue weighted by Gasteiger charge is 2.29. The third-order valence-corrected chi connectivity index (χ3v) is 2.16. The van der Waals surface area contributed by atoms with Crippen LogP contribution in [0.5, 0.6) is 5.75 Å². The second-order valence-corrected chi connectivity index (χ2v) is 3.78. The summed E-state index contributed by atoms with van der Waals surface area (Å²) in [5, 5.41) is 1.72. The molecule has 7 heteroatoms. The summed E-state index contributed by atoms with van der Waals surface area (Å²) in [4.78, 5) is 21.7. The molecule has 0 aliphatic heterocycles. The molecule has 0 aliphatic carbocycles. The summed E-state index contributed by atoms with van der Waals surface area (Å²) in [6, 6.07) is 5.86. The van der Waals surface area contributed by atoms with Crippen molar-refractivity contribution in [2.45, 2.75) is 19.2 Å². The van der Waals surface area contributed by atoms with Crippen LogP contribution in [0, 0.1) is 0 Å². The Bertz CT molecular complexity index is 443. The molecule has 0 saturated heterocycles. The highest BCUT2D eigenvalue weighted by Crippen LogP contribution is 2.14. The lowest BCUT2D eigenvalue weighted by Crippen LogP contribution is -2.41. The van der Waals surface area contributed by atoms with Gasteiger partial charge in [0.1, 0.15) is 18.6 Å². The van der Waals surface area contributed by atoms with E-state index in [4.69, 9.17) is 4.74 Å². The molecule has 0 aliphatic rings. The summed E-state index contributed by atoms with van der Waals surface area (Å²) < 4.78 is 40.8. The van der Waals surface area contributed by atoms with Crippen LogP contribution in [0.2, 0.25) is 0 Å². The number of ether oxygens (including phenoxy) is 1. The molecule has 19 heavy (non-hydrogen) atoms. The van der Waals surface area contributed by atoms with E-state index in [0.29, 0.717) is 17.6 Å². The van der Waals surface area contributed by atoms with Crippen LogP contribution in [0.4, 0.5) is 13.2 Å². The van der Waals surface area contributed by atoms with Gasteiger partial charge in [-0.3, -0.25) is 9.59 Å². The molecule has 104 valence electrons. The van der Waals surface area contributed by atoms with Gasteiger partial charge in [-0.1, -0.05) is 0 Å². The lowest BCUT2D eigenvalue weighted by atomic mass is 10.2. The molecule has 1 amide bonds. The monoisotopic (exact) mass is 275 g/mol. The van der Waals surface area contributed by atoms with Crippen LogP contribution in [-0.4, -0.2) is 31.0 Å². The van der Waals surface area contributed by atoms with Gasteiger partial charge in [0.25, 0.3) is 5.91 Å². The van der Waals surface area contributed by atoms with Crippen molar-refractivity contribution in [2.24, 2.45) is 0 Å². The molecule has 1 aromatic rings. The minimum atomic E-state index is -4.46. The maximum atomic E-state index is 11.9. The first-order valence-electron chi connectivity index (χ1n) is 5.38. The number of rotatable bonds is 5. The lowest BCUT2D eigenvalue weighted by molar-refractivity contribution is -0.142. The maximum absolute atomic E-state index is 11.9. The molecule has 0 saturated carbocycles. The highest BCUT2D eigenvalue weighted by atomic mass is 19.4. The number of alkyl halides is 3. The average Bonchev–Trinajstić information content (AvgIpc) is 2.36. The van der Waals surface area contributed by atoms with Crippen molar-refractivity contribution in [3.63, 3.8) is 0 Å². The van der Waals surface area contributed by atoms with E-state index in [1.54, 1.807) is 5.32 Å². The molecular formula is C12H12F3NO3. The number of halogens is 3. The minimum absolute atomic E-state index is 0.292. The van der Waals surface area contributed by atoms with E-state index in [9.17, 15) is 22.8 Å². The van der Waals surface area contributed by atoms with Crippen molar-refractivity contribution >= 4 is 12.2 Å². The van der Waals surface area contributed by atoms with Gasteiger partial charge in [-0.25, -0.2) is 0 Å². The van der Waals surface area contributed by atoms with Crippen molar-refractivity contribution in [3.8, 4) is 5.75 Å². The zero-order valence-electron chi connectivity index (χ0n) is 10.0. The molecule has 1 atom stereocenters. The molecule has 1 N–H and O–H groups in total. The van der Waals surface area contributed by atoms with Crippen molar-refractivity contribution in [1.82, 2.24) is 5.32 Å². The molecule has 4 nitrogen and oxygen atoms in total. The quantitative estimate of drug-likeness (QED) is 0.835. The summed E-state index contributed by atoms with van der Waals surface area (Å²) >= 11 is 0. The van der Waals surface area contributed by atoms with Crippen LogP contribution < -0.4 is 10.1 Å². The number of benzene rings is 1. The molecule has 0 heterocycles. The Morgan fingerprint density at radius 2 is 1.95 bits per heavy atom. The van der Waals surface area contributed by atoms with Gasteiger partial charge >= 0.3 is 6.18 Å². The number of carbonyl (C=O) groups excluding carboxylic acids is 2. The van der Waals surface area contributed by atoms with E-state index in [1.807, 2.05) is 0 Å². The Morgan fingerprint density at radius 1 is 1.37 bits per heavy atom. The number of amides is 1. The van der Waals surface area contributed by atoms with Gasteiger partial charge in [-0.05, 0) is 31.2 Å². The van der Waals surface area contributed by atoms with Crippen molar-refractivity contribution in [1.29, 1.82) is 0 Å². The fourth-order valence-corrected chi connectivity index (χ4v) is 1.21. The van der Waals surface area contributed by atoms with Crippen LogP contribution in [0.25, 0.3) is 0 Å². The predicted octanol–water partition coefficient (Wildman–Crippen LogP) is 1.94. The van der Waals surface area contributed by atoms with Gasteiger partial charge in [0.2, 0.25) is 0 Å². The lowest BCUT2D eigenvalue weighted by Gasteiger charge is -2.15. The zero-order chi connectivity index (χ0) is 14.5. The fraction of sp³-hybridized carbons (Fsp3) is 0.333. The van der Waals surface area contributed by atoms with Crippen molar-refractivity contribution in [2.75, 3.05) is 6.54 Å². The van der Waals surface area contributed by atoms with E-state index in [0.717, 1.165) is 0 Å². The van der Waals surface area contributed by atoms with Crippen LogP contribution in [-0.2, 0) is 4.79 Å². The zero-order valence-corrected chi connectivity index (χ0v) is 10.0. The Morgan fingerprint density at radius 3 is 2.42 bits per heavy atom. The van der Waals surface area contributed by atoms with E-state index >= 15 is 0 Å². The third kappa shape index (κ3) is 5.41. The van der Waals surface area contributed by atoms with Crippen LogP contribution in [0.1, 0.15) is 17.3 Å². The fourth-order valence-electron chi connectivity index (χ4n) is 1.21. The van der Waals surface area contributed by atoms with E-state index in [2.05, 4.69) is 0 Å². The van der Waals surface area contributed by atoms with Gasteiger partial charge in [-0.15, -0.1) is 0 Å². The second kappa shape index (κ2) is 6.21. The van der Waals surface area contributed by atoms with Gasteiger partial charge in [0, 0.05) is 5.56 Å². The van der Waals surface area contributed by atoms with Gasteiger partial charge < -0.3 is 10.1 Å². The first-order valence-corrected chi connectivity index (χ1v) is 5.38. The Kier molecular flexibility index (Phi) is 4.91. The van der Waals surface area contributed by atoms with Gasteiger partial charge in [0.05, 0.1) is 0 Å². The predicted molar refractivity (Wildman–Crippen MR) is 61.0 cm³/mol. The van der Waals surface area contributed by atoms with E-state index < -0.39 is 24.7 Å². The summed E-state index contributed by atoms with van der Waals surface area (Å²) in [5.74, 6) is -0.572. The first kappa shape index (κ1) is 15.0. The molecule has 0 bridgehead atoms. The molecule has 1 aromatic carbocycles. The van der Waals surface area contributed by atoms with E-state index in [-0.39, 0.29) is 0 Å². The summed E-state index contributed by atoms with van der Waals surface area (Å²) in [6.45, 7) is -0.0665. The average molecular weight is 275 g/mol. The summed E-state index contributed by atoms with van der Waals surface area (Å²) in [7, 11) is 0. The van der Waals surface area contributed by atoms with Crippen molar-refractivity contribution in [3.05, 3.63) is 29.8 Å². The SMILES string of the molecule is C[C@@H](Oc1ccc(C=O)cc1)C(=O)NCC(F)(F)F.